The summed E-state index contributed by atoms with van der Waals surface area (Å²) in [5.41, 5.74) is 5.05. The molecule has 0 bridgehead atoms. The van der Waals surface area contributed by atoms with Crippen LogP contribution in [0, 0.1) is 0 Å². The van der Waals surface area contributed by atoms with Crippen LogP contribution in [0.25, 0.3) is 0 Å². The maximum atomic E-state index is 10.5. The van der Waals surface area contributed by atoms with Crippen LogP contribution >= 0.6 is 0 Å². The Kier molecular flexibility index (Phi) is 5.65. The fourth-order valence-electron chi connectivity index (χ4n) is 1.83. The first-order valence-electron chi connectivity index (χ1n) is 5.85. The van der Waals surface area contributed by atoms with Crippen molar-refractivity contribution < 1.29 is 9.53 Å². The van der Waals surface area contributed by atoms with Gasteiger partial charge in [0, 0.05) is 19.1 Å². The molecule has 1 amide bonds. The van der Waals surface area contributed by atoms with Crippen molar-refractivity contribution >= 4 is 5.91 Å². The van der Waals surface area contributed by atoms with Gasteiger partial charge < -0.3 is 15.8 Å². The summed E-state index contributed by atoms with van der Waals surface area (Å²) in [4.78, 5) is 10.5. The molecule has 88 valence electrons. The van der Waals surface area contributed by atoms with E-state index in [1.54, 1.807) is 0 Å². The number of ether oxygens (including phenoxy) is 1. The Morgan fingerprint density at radius 1 is 1.47 bits per heavy atom. The van der Waals surface area contributed by atoms with Gasteiger partial charge in [-0.3, -0.25) is 4.79 Å². The zero-order valence-electron chi connectivity index (χ0n) is 9.50. The molecule has 1 rings (SSSR count). The molecule has 0 saturated heterocycles. The van der Waals surface area contributed by atoms with E-state index in [4.69, 9.17) is 10.5 Å². The lowest BCUT2D eigenvalue weighted by Crippen LogP contribution is -2.45. The van der Waals surface area contributed by atoms with E-state index < -0.39 is 0 Å². The second-order valence-corrected chi connectivity index (χ2v) is 4.12. The smallest absolute Gasteiger partial charge is 0.217 e. The quantitative estimate of drug-likeness (QED) is 0.587. The van der Waals surface area contributed by atoms with E-state index >= 15 is 0 Å². The second-order valence-electron chi connectivity index (χ2n) is 4.12. The topological polar surface area (TPSA) is 64.3 Å². The summed E-state index contributed by atoms with van der Waals surface area (Å²) in [7, 11) is 0. The van der Waals surface area contributed by atoms with Crippen molar-refractivity contribution in [1.82, 2.24) is 5.32 Å². The van der Waals surface area contributed by atoms with Crippen LogP contribution in [0.15, 0.2) is 0 Å². The highest BCUT2D eigenvalue weighted by Crippen LogP contribution is 2.22. The van der Waals surface area contributed by atoms with E-state index in [9.17, 15) is 4.79 Å². The predicted molar refractivity (Wildman–Crippen MR) is 59.5 cm³/mol. The van der Waals surface area contributed by atoms with E-state index in [0.29, 0.717) is 18.6 Å². The summed E-state index contributed by atoms with van der Waals surface area (Å²) >= 11 is 0. The van der Waals surface area contributed by atoms with Gasteiger partial charge in [0.1, 0.15) is 0 Å². The molecule has 4 nitrogen and oxygen atoms in total. The van der Waals surface area contributed by atoms with Crippen LogP contribution in [-0.4, -0.2) is 31.2 Å². The lowest BCUT2D eigenvalue weighted by Gasteiger charge is -2.35. The molecule has 0 spiro atoms. The molecule has 0 heterocycles. The maximum Gasteiger partial charge on any atom is 0.217 e. The third-order valence-corrected chi connectivity index (χ3v) is 2.78. The van der Waals surface area contributed by atoms with Gasteiger partial charge in [-0.15, -0.1) is 0 Å². The molecule has 0 atom stereocenters. The number of hydrogen-bond acceptors (Lipinski definition) is 3. The van der Waals surface area contributed by atoms with Crippen LogP contribution in [0.5, 0.6) is 0 Å². The first-order valence-corrected chi connectivity index (χ1v) is 5.85. The fraction of sp³-hybridized carbons (Fsp3) is 0.909. The molecule has 0 aromatic heterocycles. The van der Waals surface area contributed by atoms with Gasteiger partial charge >= 0.3 is 0 Å². The van der Waals surface area contributed by atoms with Crippen LogP contribution in [0.1, 0.15) is 39.0 Å². The number of unbranched alkanes of at least 4 members (excludes halogenated alkanes) is 1. The highest BCUT2D eigenvalue weighted by Gasteiger charge is 2.28. The molecule has 4 heteroatoms. The van der Waals surface area contributed by atoms with Crippen LogP contribution in [0.3, 0.4) is 0 Å². The Morgan fingerprint density at radius 3 is 2.80 bits per heavy atom. The third kappa shape index (κ3) is 5.14. The van der Waals surface area contributed by atoms with Crippen molar-refractivity contribution in [2.24, 2.45) is 5.73 Å². The highest BCUT2D eigenvalue weighted by atomic mass is 16.5. The van der Waals surface area contributed by atoms with E-state index in [2.05, 4.69) is 5.32 Å². The zero-order valence-corrected chi connectivity index (χ0v) is 9.50. The fourth-order valence-corrected chi connectivity index (χ4v) is 1.83. The molecule has 0 aromatic carbocycles. The molecule has 0 aromatic rings. The number of hydrogen-bond donors (Lipinski definition) is 2. The van der Waals surface area contributed by atoms with Crippen LogP contribution in [-0.2, 0) is 9.53 Å². The number of primary amides is 1. The summed E-state index contributed by atoms with van der Waals surface area (Å²) in [5.74, 6) is -0.199. The minimum Gasteiger partial charge on any atom is -0.378 e. The average molecular weight is 214 g/mol. The predicted octanol–water partition coefficient (Wildman–Crippen LogP) is 0.799. The molecule has 1 saturated carbocycles. The number of nitrogens with two attached hydrogens (primary N) is 1. The van der Waals surface area contributed by atoms with Crippen LogP contribution in [0.2, 0.25) is 0 Å². The van der Waals surface area contributed by atoms with Crippen molar-refractivity contribution in [2.45, 2.75) is 51.2 Å². The minimum atomic E-state index is -0.199. The molecular formula is C11H22N2O2. The summed E-state index contributed by atoms with van der Waals surface area (Å²) in [6, 6.07) is 0.620. The first-order chi connectivity index (χ1) is 7.22. The van der Waals surface area contributed by atoms with Gasteiger partial charge in [0.25, 0.3) is 0 Å². The van der Waals surface area contributed by atoms with Crippen molar-refractivity contribution in [3.05, 3.63) is 0 Å². The zero-order chi connectivity index (χ0) is 11.1. The standard InChI is InChI=1S/C11H22N2O2/c1-2-15-10-7-9(8-10)13-6-4-3-5-11(12)14/h9-10,13H,2-8H2,1H3,(H2,12,14). The van der Waals surface area contributed by atoms with E-state index in [0.717, 1.165) is 38.8 Å². The van der Waals surface area contributed by atoms with Crippen molar-refractivity contribution in [3.63, 3.8) is 0 Å². The van der Waals surface area contributed by atoms with Crippen molar-refractivity contribution in [2.75, 3.05) is 13.2 Å². The molecular weight excluding hydrogens is 192 g/mol. The average Bonchev–Trinajstić information content (AvgIpc) is 2.12. The molecule has 3 N–H and O–H groups in total. The summed E-state index contributed by atoms with van der Waals surface area (Å²) in [6.45, 7) is 3.83. The normalized spacial score (nSPS) is 24.9. The Hall–Kier alpha value is -0.610. The van der Waals surface area contributed by atoms with Crippen molar-refractivity contribution in [3.8, 4) is 0 Å². The Bertz CT molecular complexity index is 191. The largest absolute Gasteiger partial charge is 0.378 e. The van der Waals surface area contributed by atoms with E-state index in [-0.39, 0.29) is 5.91 Å². The number of rotatable bonds is 8. The van der Waals surface area contributed by atoms with Crippen molar-refractivity contribution in [1.29, 1.82) is 0 Å². The van der Waals surface area contributed by atoms with Gasteiger partial charge in [0.2, 0.25) is 5.91 Å². The molecule has 1 fully saturated rings. The summed E-state index contributed by atoms with van der Waals surface area (Å²) < 4.78 is 5.47. The van der Waals surface area contributed by atoms with Crippen LogP contribution in [0.4, 0.5) is 0 Å². The minimum absolute atomic E-state index is 0.199. The van der Waals surface area contributed by atoms with Gasteiger partial charge in [-0.1, -0.05) is 0 Å². The maximum absolute atomic E-state index is 10.5. The molecule has 1 aliphatic carbocycles. The van der Waals surface area contributed by atoms with Gasteiger partial charge in [-0.2, -0.15) is 0 Å². The summed E-state index contributed by atoms with van der Waals surface area (Å²) in [5, 5.41) is 3.45. The van der Waals surface area contributed by atoms with Gasteiger partial charge in [-0.25, -0.2) is 0 Å². The second kappa shape index (κ2) is 6.80. The van der Waals surface area contributed by atoms with E-state index in [1.807, 2.05) is 6.92 Å². The van der Waals surface area contributed by atoms with Gasteiger partial charge in [-0.05, 0) is 39.2 Å². The molecule has 0 aliphatic heterocycles. The first kappa shape index (κ1) is 12.5. The lowest BCUT2D eigenvalue weighted by atomic mass is 9.89. The number of carbonyl (C=O) groups is 1. The monoisotopic (exact) mass is 214 g/mol. The SMILES string of the molecule is CCOC1CC(NCCCCC(N)=O)C1. The van der Waals surface area contributed by atoms with E-state index in [1.165, 1.54) is 0 Å². The Labute approximate surface area is 91.5 Å². The Morgan fingerprint density at radius 2 is 2.20 bits per heavy atom. The number of amides is 1. The highest BCUT2D eigenvalue weighted by molar-refractivity contribution is 5.73. The van der Waals surface area contributed by atoms with Crippen LogP contribution < -0.4 is 11.1 Å². The molecule has 0 radical (unpaired) electrons. The third-order valence-electron chi connectivity index (χ3n) is 2.78. The number of carbonyl (C=O) groups excluding carboxylic acids is 1. The lowest BCUT2D eigenvalue weighted by molar-refractivity contribution is -0.118. The summed E-state index contributed by atoms with van der Waals surface area (Å²) in [6.07, 6.45) is 5.15. The van der Waals surface area contributed by atoms with Gasteiger partial charge in [0.15, 0.2) is 0 Å². The number of nitrogens with one attached hydrogen (secondary N) is 1. The van der Waals surface area contributed by atoms with Gasteiger partial charge in [0.05, 0.1) is 6.10 Å². The molecule has 0 unspecified atom stereocenters. The molecule has 1 aliphatic rings. The Balaban J connectivity index is 1.84. The molecule has 15 heavy (non-hydrogen) atoms.